The zero-order valence-corrected chi connectivity index (χ0v) is 13.9. The summed E-state index contributed by atoms with van der Waals surface area (Å²) >= 11 is 3.56. The third-order valence-corrected chi connectivity index (χ3v) is 3.74. The first-order valence-electron chi connectivity index (χ1n) is 6.93. The first kappa shape index (κ1) is 16.1. The Labute approximate surface area is 133 Å². The highest BCUT2D eigenvalue weighted by atomic mass is 79.9. The van der Waals surface area contributed by atoms with Gasteiger partial charge in [-0.3, -0.25) is 0 Å². The zero-order chi connectivity index (χ0) is 15.1. The summed E-state index contributed by atoms with van der Waals surface area (Å²) in [6, 6.07) is 8.19. The van der Waals surface area contributed by atoms with Crippen molar-refractivity contribution in [2.45, 2.75) is 13.0 Å². The molecule has 114 valence electrons. The SMILES string of the molecule is CCNC(c1ccoc1)c1ccc(OCCOC)c(Br)c1. The van der Waals surface area contributed by atoms with Crippen LogP contribution in [0.25, 0.3) is 0 Å². The van der Waals surface area contributed by atoms with Crippen molar-refractivity contribution >= 4 is 15.9 Å². The molecule has 1 aromatic heterocycles. The number of methoxy groups -OCH3 is 1. The monoisotopic (exact) mass is 353 g/mol. The van der Waals surface area contributed by atoms with Crippen LogP contribution in [0, 0.1) is 0 Å². The Morgan fingerprint density at radius 1 is 1.24 bits per heavy atom. The van der Waals surface area contributed by atoms with E-state index in [9.17, 15) is 0 Å². The summed E-state index contributed by atoms with van der Waals surface area (Å²) in [5.74, 6) is 0.818. The lowest BCUT2D eigenvalue weighted by Crippen LogP contribution is -2.21. The number of furan rings is 1. The summed E-state index contributed by atoms with van der Waals surface area (Å²) in [4.78, 5) is 0. The highest BCUT2D eigenvalue weighted by molar-refractivity contribution is 9.10. The van der Waals surface area contributed by atoms with Crippen molar-refractivity contribution in [3.63, 3.8) is 0 Å². The summed E-state index contributed by atoms with van der Waals surface area (Å²) < 4.78 is 16.8. The molecule has 5 heteroatoms. The number of rotatable bonds is 8. The highest BCUT2D eigenvalue weighted by Gasteiger charge is 2.15. The molecule has 0 aliphatic heterocycles. The molecular formula is C16H20BrNO3. The predicted molar refractivity (Wildman–Crippen MR) is 85.7 cm³/mol. The molecule has 0 amide bonds. The van der Waals surface area contributed by atoms with E-state index in [-0.39, 0.29) is 6.04 Å². The normalized spacial score (nSPS) is 12.3. The van der Waals surface area contributed by atoms with Gasteiger partial charge in [0.05, 0.1) is 29.6 Å². The summed E-state index contributed by atoms with van der Waals surface area (Å²) in [6.45, 7) is 4.07. The predicted octanol–water partition coefficient (Wildman–Crippen LogP) is 3.77. The molecule has 1 heterocycles. The Kier molecular flexibility index (Phi) is 6.29. The molecule has 0 saturated heterocycles. The van der Waals surface area contributed by atoms with E-state index in [1.165, 1.54) is 0 Å². The number of benzene rings is 1. The molecule has 1 N–H and O–H groups in total. The summed E-state index contributed by atoms with van der Waals surface area (Å²) in [5, 5.41) is 3.46. The molecule has 1 unspecified atom stereocenters. The van der Waals surface area contributed by atoms with Gasteiger partial charge in [0.25, 0.3) is 0 Å². The standard InChI is InChI=1S/C16H20BrNO3/c1-3-18-16(13-6-7-20-11-13)12-4-5-15(14(17)10-12)21-9-8-19-2/h4-7,10-11,16,18H,3,8-9H2,1-2H3. The average molecular weight is 354 g/mol. The van der Waals surface area contributed by atoms with Gasteiger partial charge in [-0.2, -0.15) is 0 Å². The van der Waals surface area contributed by atoms with E-state index in [0.717, 1.165) is 27.9 Å². The van der Waals surface area contributed by atoms with Crippen LogP contribution in [0.3, 0.4) is 0 Å². The van der Waals surface area contributed by atoms with E-state index < -0.39 is 0 Å². The van der Waals surface area contributed by atoms with Gasteiger partial charge in [0, 0.05) is 12.7 Å². The quantitative estimate of drug-likeness (QED) is 0.733. The van der Waals surface area contributed by atoms with Gasteiger partial charge in [0.15, 0.2) is 0 Å². The average Bonchev–Trinajstić information content (AvgIpc) is 3.00. The molecular weight excluding hydrogens is 334 g/mol. The third-order valence-electron chi connectivity index (χ3n) is 3.12. The summed E-state index contributed by atoms with van der Waals surface area (Å²) in [5.41, 5.74) is 2.26. The molecule has 0 spiro atoms. The van der Waals surface area contributed by atoms with Gasteiger partial charge < -0.3 is 19.2 Å². The zero-order valence-electron chi connectivity index (χ0n) is 12.3. The van der Waals surface area contributed by atoms with Crippen LogP contribution in [0.2, 0.25) is 0 Å². The maximum Gasteiger partial charge on any atom is 0.133 e. The van der Waals surface area contributed by atoms with Gasteiger partial charge in [-0.25, -0.2) is 0 Å². The number of halogens is 1. The van der Waals surface area contributed by atoms with E-state index in [4.69, 9.17) is 13.9 Å². The lowest BCUT2D eigenvalue weighted by molar-refractivity contribution is 0.146. The molecule has 0 fully saturated rings. The van der Waals surface area contributed by atoms with Gasteiger partial charge in [-0.15, -0.1) is 0 Å². The van der Waals surface area contributed by atoms with Crippen LogP contribution in [0.15, 0.2) is 45.7 Å². The van der Waals surface area contributed by atoms with E-state index in [1.807, 2.05) is 12.1 Å². The molecule has 4 nitrogen and oxygen atoms in total. The van der Waals surface area contributed by atoms with Crippen molar-refractivity contribution in [3.8, 4) is 5.75 Å². The molecule has 0 bridgehead atoms. The first-order valence-corrected chi connectivity index (χ1v) is 7.72. The molecule has 2 aromatic rings. The third kappa shape index (κ3) is 4.33. The lowest BCUT2D eigenvalue weighted by Gasteiger charge is -2.18. The molecule has 21 heavy (non-hydrogen) atoms. The van der Waals surface area contributed by atoms with E-state index in [1.54, 1.807) is 19.6 Å². The highest BCUT2D eigenvalue weighted by Crippen LogP contribution is 2.31. The summed E-state index contributed by atoms with van der Waals surface area (Å²) in [6.07, 6.45) is 3.46. The smallest absolute Gasteiger partial charge is 0.133 e. The Morgan fingerprint density at radius 2 is 2.10 bits per heavy atom. The molecule has 0 saturated carbocycles. The van der Waals surface area contributed by atoms with Crippen molar-refractivity contribution in [2.75, 3.05) is 26.9 Å². The van der Waals surface area contributed by atoms with Crippen LogP contribution in [0.1, 0.15) is 24.1 Å². The minimum absolute atomic E-state index is 0.109. The second-order valence-corrected chi connectivity index (χ2v) is 5.43. The number of ether oxygens (including phenoxy) is 2. The van der Waals surface area contributed by atoms with Gasteiger partial charge in [-0.1, -0.05) is 13.0 Å². The van der Waals surface area contributed by atoms with Crippen LogP contribution in [0.5, 0.6) is 5.75 Å². The molecule has 0 aliphatic carbocycles. The van der Waals surface area contributed by atoms with Crippen LogP contribution in [-0.4, -0.2) is 26.9 Å². The Bertz CT molecular complexity index is 542. The van der Waals surface area contributed by atoms with Crippen molar-refractivity contribution in [1.29, 1.82) is 0 Å². The minimum Gasteiger partial charge on any atom is -0.490 e. The molecule has 0 radical (unpaired) electrons. The van der Waals surface area contributed by atoms with Crippen LogP contribution < -0.4 is 10.1 Å². The van der Waals surface area contributed by atoms with Crippen LogP contribution in [0.4, 0.5) is 0 Å². The minimum atomic E-state index is 0.109. The molecule has 2 rings (SSSR count). The first-order chi connectivity index (χ1) is 10.3. The van der Waals surface area contributed by atoms with Gasteiger partial charge in [0.2, 0.25) is 0 Å². The molecule has 1 aromatic carbocycles. The molecule has 1 atom stereocenters. The second-order valence-electron chi connectivity index (χ2n) is 4.58. The maximum absolute atomic E-state index is 5.65. The number of hydrogen-bond donors (Lipinski definition) is 1. The van der Waals surface area contributed by atoms with Crippen LogP contribution >= 0.6 is 15.9 Å². The largest absolute Gasteiger partial charge is 0.490 e. The number of nitrogens with one attached hydrogen (secondary N) is 1. The van der Waals surface area contributed by atoms with E-state index >= 15 is 0 Å². The van der Waals surface area contributed by atoms with Crippen molar-refractivity contribution in [2.24, 2.45) is 0 Å². The fourth-order valence-electron chi connectivity index (χ4n) is 2.12. The lowest BCUT2D eigenvalue weighted by atomic mass is 10.0. The van der Waals surface area contributed by atoms with Gasteiger partial charge >= 0.3 is 0 Å². The Morgan fingerprint density at radius 3 is 2.71 bits per heavy atom. The number of hydrogen-bond acceptors (Lipinski definition) is 4. The molecule has 0 aliphatic rings. The van der Waals surface area contributed by atoms with Crippen molar-refractivity contribution < 1.29 is 13.9 Å². The maximum atomic E-state index is 5.65. The summed E-state index contributed by atoms with van der Waals surface area (Å²) in [7, 11) is 1.66. The fraction of sp³-hybridized carbons (Fsp3) is 0.375. The van der Waals surface area contributed by atoms with Crippen molar-refractivity contribution in [1.82, 2.24) is 5.32 Å². The van der Waals surface area contributed by atoms with E-state index in [0.29, 0.717) is 13.2 Å². The topological polar surface area (TPSA) is 43.6 Å². The van der Waals surface area contributed by atoms with Crippen LogP contribution in [-0.2, 0) is 4.74 Å². The van der Waals surface area contributed by atoms with E-state index in [2.05, 4.69) is 40.3 Å². The van der Waals surface area contributed by atoms with Gasteiger partial charge in [-0.05, 0) is 46.2 Å². The van der Waals surface area contributed by atoms with Crippen molar-refractivity contribution in [3.05, 3.63) is 52.4 Å². The Hall–Kier alpha value is -1.30. The Balaban J connectivity index is 2.16. The second kappa shape index (κ2) is 8.22. The fourth-order valence-corrected chi connectivity index (χ4v) is 2.63. The van der Waals surface area contributed by atoms with Gasteiger partial charge in [0.1, 0.15) is 12.4 Å².